The van der Waals surface area contributed by atoms with Gasteiger partial charge in [-0.1, -0.05) is 12.1 Å². The molecule has 1 aromatic carbocycles. The molecule has 3 aromatic heterocycles. The van der Waals surface area contributed by atoms with Crippen LogP contribution in [0.3, 0.4) is 0 Å². The lowest BCUT2D eigenvalue weighted by molar-refractivity contribution is 0.0523. The highest BCUT2D eigenvalue weighted by Crippen LogP contribution is 2.40. The molecule has 1 fully saturated rings. The van der Waals surface area contributed by atoms with Crippen molar-refractivity contribution in [3.8, 4) is 11.4 Å². The van der Waals surface area contributed by atoms with Crippen molar-refractivity contribution >= 4 is 28.9 Å². The number of carbonyl (C=O) groups is 1. The summed E-state index contributed by atoms with van der Waals surface area (Å²) in [5.41, 5.74) is 3.91. The van der Waals surface area contributed by atoms with E-state index >= 15 is 0 Å². The Morgan fingerprint density at radius 1 is 1.09 bits per heavy atom. The molecular formula is C25H27N7O2. The number of benzene rings is 1. The number of imidazole rings is 1. The molecule has 2 N–H and O–H groups in total. The third-order valence-electron chi connectivity index (χ3n) is 5.33. The van der Waals surface area contributed by atoms with Gasteiger partial charge < -0.3 is 19.9 Å². The molecule has 0 atom stereocenters. The number of hydrogen-bond donors (Lipinski definition) is 2. The maximum atomic E-state index is 11.8. The molecule has 1 aliphatic rings. The van der Waals surface area contributed by atoms with Gasteiger partial charge in [0, 0.05) is 36.2 Å². The van der Waals surface area contributed by atoms with Crippen LogP contribution in [-0.2, 0) is 11.3 Å². The van der Waals surface area contributed by atoms with E-state index in [-0.39, 0.29) is 0 Å². The summed E-state index contributed by atoms with van der Waals surface area (Å²) in [6.07, 6.45) is 7.11. The summed E-state index contributed by atoms with van der Waals surface area (Å²) in [6, 6.07) is 12.1. The average Bonchev–Trinajstić information content (AvgIpc) is 3.58. The number of ether oxygens (including phenoxy) is 1. The Morgan fingerprint density at radius 2 is 1.82 bits per heavy atom. The first-order valence-corrected chi connectivity index (χ1v) is 11.3. The van der Waals surface area contributed by atoms with Crippen LogP contribution in [0.4, 0.5) is 16.4 Å². The lowest BCUT2D eigenvalue weighted by Gasteiger charge is -2.19. The first kappa shape index (κ1) is 21.8. The monoisotopic (exact) mass is 457 g/mol. The molecule has 4 aromatic rings. The molecule has 5 rings (SSSR count). The maximum Gasteiger partial charge on any atom is 0.407 e. The van der Waals surface area contributed by atoms with Gasteiger partial charge in [0.25, 0.3) is 0 Å². The summed E-state index contributed by atoms with van der Waals surface area (Å²) in [4.78, 5) is 30.0. The van der Waals surface area contributed by atoms with Crippen LogP contribution in [0.2, 0.25) is 0 Å². The van der Waals surface area contributed by atoms with Gasteiger partial charge in [-0.05, 0) is 63.4 Å². The van der Waals surface area contributed by atoms with Gasteiger partial charge >= 0.3 is 6.09 Å². The van der Waals surface area contributed by atoms with E-state index in [0.29, 0.717) is 18.5 Å². The molecule has 9 heteroatoms. The van der Waals surface area contributed by atoms with Crippen LogP contribution >= 0.6 is 0 Å². The summed E-state index contributed by atoms with van der Waals surface area (Å²) in [6.45, 7) is 5.90. The molecular weight excluding hydrogens is 430 g/mol. The van der Waals surface area contributed by atoms with E-state index in [1.54, 1.807) is 18.6 Å². The third-order valence-corrected chi connectivity index (χ3v) is 5.33. The molecule has 34 heavy (non-hydrogen) atoms. The van der Waals surface area contributed by atoms with E-state index in [1.165, 1.54) is 0 Å². The second-order valence-electron chi connectivity index (χ2n) is 9.35. The number of amides is 1. The molecule has 9 nitrogen and oxygen atoms in total. The summed E-state index contributed by atoms with van der Waals surface area (Å²) in [5, 5.41) is 6.03. The second kappa shape index (κ2) is 8.74. The van der Waals surface area contributed by atoms with Gasteiger partial charge in [-0.15, -0.1) is 0 Å². The fraction of sp³-hybridized carbons (Fsp3) is 0.320. The molecule has 0 unspecified atom stereocenters. The highest BCUT2D eigenvalue weighted by Gasteiger charge is 2.29. The Labute approximate surface area is 197 Å². The van der Waals surface area contributed by atoms with E-state index in [1.807, 2.05) is 57.2 Å². The van der Waals surface area contributed by atoms with Crippen LogP contribution in [0, 0.1) is 0 Å². The number of pyridine rings is 1. The molecule has 1 amide bonds. The maximum absolute atomic E-state index is 11.8. The van der Waals surface area contributed by atoms with Crippen molar-refractivity contribution in [1.82, 2.24) is 29.8 Å². The summed E-state index contributed by atoms with van der Waals surface area (Å²) in [5.74, 6) is 1.41. The number of anilines is 2. The Bertz CT molecular complexity index is 1310. The predicted molar refractivity (Wildman–Crippen MR) is 130 cm³/mol. The fourth-order valence-corrected chi connectivity index (χ4v) is 3.66. The molecule has 0 spiro atoms. The number of carbonyl (C=O) groups excluding carboxylic acids is 1. The third kappa shape index (κ3) is 4.98. The Balaban J connectivity index is 1.31. The van der Waals surface area contributed by atoms with E-state index < -0.39 is 11.7 Å². The van der Waals surface area contributed by atoms with Gasteiger partial charge in [-0.25, -0.2) is 14.8 Å². The van der Waals surface area contributed by atoms with Crippen LogP contribution in [0.25, 0.3) is 22.6 Å². The largest absolute Gasteiger partial charge is 0.444 e. The van der Waals surface area contributed by atoms with Gasteiger partial charge in [0.05, 0.1) is 6.20 Å². The molecule has 0 saturated heterocycles. The minimum absolute atomic E-state index is 0.385. The summed E-state index contributed by atoms with van der Waals surface area (Å²) >= 11 is 0. The highest BCUT2D eigenvalue weighted by atomic mass is 16.6. The number of hydrogen-bond acceptors (Lipinski definition) is 7. The van der Waals surface area contributed by atoms with Crippen LogP contribution < -0.4 is 10.6 Å². The lowest BCUT2D eigenvalue weighted by Crippen LogP contribution is -2.32. The standard InChI is InChI=1S/C25H27N7O2/c1-25(2,3)34-24(33)28-14-16-4-6-18(7-5-16)29-23-27-15-20-22(31-23)32(19-8-9-19)21(30-20)17-10-12-26-13-11-17/h4-7,10-13,15,19H,8-9,14H2,1-3H3,(H,28,33)(H,27,29,31). The topological polar surface area (TPSA) is 107 Å². The van der Waals surface area contributed by atoms with Gasteiger partial charge in [0.1, 0.15) is 16.9 Å². The average molecular weight is 458 g/mol. The second-order valence-corrected chi connectivity index (χ2v) is 9.35. The first-order valence-electron chi connectivity index (χ1n) is 11.3. The zero-order valence-corrected chi connectivity index (χ0v) is 19.4. The van der Waals surface area contributed by atoms with Crippen LogP contribution in [0.15, 0.2) is 55.0 Å². The molecule has 1 aliphatic carbocycles. The van der Waals surface area contributed by atoms with Gasteiger partial charge in [0.2, 0.25) is 5.95 Å². The van der Waals surface area contributed by atoms with Crippen molar-refractivity contribution in [3.05, 3.63) is 60.6 Å². The quantitative estimate of drug-likeness (QED) is 0.420. The number of rotatable bonds is 6. The zero-order chi connectivity index (χ0) is 23.7. The molecule has 0 radical (unpaired) electrons. The van der Waals surface area contributed by atoms with E-state index in [9.17, 15) is 4.79 Å². The normalized spacial score (nSPS) is 13.6. The van der Waals surface area contributed by atoms with Crippen LogP contribution in [-0.4, -0.2) is 36.2 Å². The smallest absolute Gasteiger partial charge is 0.407 e. The number of nitrogens with zero attached hydrogens (tertiary/aromatic N) is 5. The number of alkyl carbamates (subject to hydrolysis) is 1. The highest BCUT2D eigenvalue weighted by molar-refractivity contribution is 5.78. The van der Waals surface area contributed by atoms with Gasteiger partial charge in [0.15, 0.2) is 5.65 Å². The van der Waals surface area contributed by atoms with Crippen molar-refractivity contribution < 1.29 is 9.53 Å². The minimum Gasteiger partial charge on any atom is -0.444 e. The van der Waals surface area contributed by atoms with Crippen molar-refractivity contribution in [2.45, 2.75) is 51.8 Å². The van der Waals surface area contributed by atoms with Gasteiger partial charge in [-0.2, -0.15) is 4.98 Å². The summed E-state index contributed by atoms with van der Waals surface area (Å²) in [7, 11) is 0. The first-order chi connectivity index (χ1) is 16.4. The van der Waals surface area contributed by atoms with E-state index in [2.05, 4.69) is 25.2 Å². The Hall–Kier alpha value is -4.01. The van der Waals surface area contributed by atoms with Crippen LogP contribution in [0.1, 0.15) is 45.2 Å². The molecule has 3 heterocycles. The number of nitrogens with one attached hydrogen (secondary N) is 2. The minimum atomic E-state index is -0.521. The molecule has 0 aliphatic heterocycles. The zero-order valence-electron chi connectivity index (χ0n) is 19.4. The SMILES string of the molecule is CC(C)(C)OC(=O)NCc1ccc(Nc2ncc3nc(-c4ccncc4)n(C4CC4)c3n2)cc1. The van der Waals surface area contributed by atoms with Crippen LogP contribution in [0.5, 0.6) is 0 Å². The summed E-state index contributed by atoms with van der Waals surface area (Å²) < 4.78 is 7.48. The van der Waals surface area contributed by atoms with E-state index in [0.717, 1.165) is 46.6 Å². The predicted octanol–water partition coefficient (Wildman–Crippen LogP) is 4.99. The van der Waals surface area contributed by atoms with Crippen molar-refractivity contribution in [2.75, 3.05) is 5.32 Å². The van der Waals surface area contributed by atoms with Gasteiger partial charge in [-0.3, -0.25) is 4.98 Å². The number of aromatic nitrogens is 5. The van der Waals surface area contributed by atoms with Crippen molar-refractivity contribution in [2.24, 2.45) is 0 Å². The Kier molecular flexibility index (Phi) is 5.61. The van der Waals surface area contributed by atoms with Crippen molar-refractivity contribution in [1.29, 1.82) is 0 Å². The number of fused-ring (bicyclic) bond motifs is 1. The lowest BCUT2D eigenvalue weighted by atomic mass is 10.2. The Morgan fingerprint density at radius 3 is 2.50 bits per heavy atom. The van der Waals surface area contributed by atoms with E-state index in [4.69, 9.17) is 14.7 Å². The fourth-order valence-electron chi connectivity index (χ4n) is 3.66. The molecule has 1 saturated carbocycles. The van der Waals surface area contributed by atoms with Crippen molar-refractivity contribution in [3.63, 3.8) is 0 Å². The molecule has 174 valence electrons. The molecule has 0 bridgehead atoms.